The molecule has 5 rings (SSSR count). The zero-order chi connectivity index (χ0) is 20.5. The van der Waals surface area contributed by atoms with Crippen LogP contribution in [-0.4, -0.2) is 24.2 Å². The standard InChI is InChI=1S/C26H25N3O/c1-18-7-10-24-21(15-18)9-12-26(28-24)30-22-13-14-29(17-22)25-11-8-20(16-23(25)27)19-5-3-2-4-6-19/h2-12,15-16,22H,13-14,17,27H2,1H3/t22-/m0/s1. The van der Waals surface area contributed by atoms with Crippen LogP contribution in [0, 0.1) is 6.92 Å². The van der Waals surface area contributed by atoms with E-state index in [9.17, 15) is 0 Å². The summed E-state index contributed by atoms with van der Waals surface area (Å²) in [6, 6.07) is 27.0. The smallest absolute Gasteiger partial charge is 0.214 e. The number of rotatable bonds is 4. The van der Waals surface area contributed by atoms with E-state index in [-0.39, 0.29) is 6.10 Å². The maximum absolute atomic E-state index is 6.42. The number of nitrogens with two attached hydrogens (primary N) is 1. The fraction of sp³-hybridized carbons (Fsp3) is 0.192. The monoisotopic (exact) mass is 395 g/mol. The molecule has 0 saturated carbocycles. The van der Waals surface area contributed by atoms with Gasteiger partial charge in [-0.1, -0.05) is 48.0 Å². The first-order chi connectivity index (χ1) is 14.7. The van der Waals surface area contributed by atoms with Gasteiger partial charge < -0.3 is 15.4 Å². The van der Waals surface area contributed by atoms with Gasteiger partial charge in [-0.05, 0) is 48.4 Å². The normalized spacial score (nSPS) is 16.2. The lowest BCUT2D eigenvalue weighted by molar-refractivity contribution is 0.216. The van der Waals surface area contributed by atoms with Crippen molar-refractivity contribution < 1.29 is 4.74 Å². The Bertz CT molecular complexity index is 1190. The molecule has 0 radical (unpaired) electrons. The summed E-state index contributed by atoms with van der Waals surface area (Å²) in [5.41, 5.74) is 12.8. The van der Waals surface area contributed by atoms with Crippen LogP contribution in [0.15, 0.2) is 78.9 Å². The number of pyridine rings is 1. The SMILES string of the molecule is Cc1ccc2nc(O[C@H]3CCN(c4ccc(-c5ccccc5)cc4N)C3)ccc2c1. The molecule has 4 heteroatoms. The van der Waals surface area contributed by atoms with Gasteiger partial charge in [0.1, 0.15) is 6.10 Å². The molecule has 0 aliphatic carbocycles. The minimum absolute atomic E-state index is 0.105. The van der Waals surface area contributed by atoms with Gasteiger partial charge >= 0.3 is 0 Å². The Kier molecular flexibility index (Phi) is 4.75. The molecule has 0 amide bonds. The maximum atomic E-state index is 6.42. The van der Waals surface area contributed by atoms with Crippen LogP contribution in [0.3, 0.4) is 0 Å². The lowest BCUT2D eigenvalue weighted by Crippen LogP contribution is -2.25. The van der Waals surface area contributed by atoms with Crippen LogP contribution in [0.5, 0.6) is 5.88 Å². The molecule has 3 aromatic carbocycles. The van der Waals surface area contributed by atoms with Crippen molar-refractivity contribution in [1.29, 1.82) is 0 Å². The summed E-state index contributed by atoms with van der Waals surface area (Å²) in [6.07, 6.45) is 1.06. The van der Waals surface area contributed by atoms with Crippen LogP contribution < -0.4 is 15.4 Å². The quantitative estimate of drug-likeness (QED) is 0.467. The average molecular weight is 396 g/mol. The van der Waals surface area contributed by atoms with Crippen molar-refractivity contribution in [3.05, 3.63) is 84.4 Å². The Hall–Kier alpha value is -3.53. The van der Waals surface area contributed by atoms with Crippen molar-refractivity contribution in [3.8, 4) is 17.0 Å². The van der Waals surface area contributed by atoms with Gasteiger partial charge in [0.2, 0.25) is 5.88 Å². The average Bonchev–Trinajstić information content (AvgIpc) is 3.22. The highest BCUT2D eigenvalue weighted by Gasteiger charge is 2.26. The van der Waals surface area contributed by atoms with E-state index >= 15 is 0 Å². The molecule has 150 valence electrons. The molecule has 2 heterocycles. The highest BCUT2D eigenvalue weighted by atomic mass is 16.5. The first-order valence-electron chi connectivity index (χ1n) is 10.4. The molecule has 4 aromatic rings. The zero-order valence-corrected chi connectivity index (χ0v) is 17.1. The Balaban J connectivity index is 1.29. The highest BCUT2D eigenvalue weighted by molar-refractivity contribution is 5.80. The Morgan fingerprint density at radius 3 is 2.63 bits per heavy atom. The number of benzene rings is 3. The summed E-state index contributed by atoms with van der Waals surface area (Å²) in [5.74, 6) is 0.686. The summed E-state index contributed by atoms with van der Waals surface area (Å²) in [4.78, 5) is 6.98. The van der Waals surface area contributed by atoms with Crippen molar-refractivity contribution in [2.75, 3.05) is 23.7 Å². The minimum Gasteiger partial charge on any atom is -0.472 e. The van der Waals surface area contributed by atoms with Gasteiger partial charge in [0.05, 0.1) is 23.4 Å². The maximum Gasteiger partial charge on any atom is 0.214 e. The Morgan fingerprint density at radius 1 is 0.933 bits per heavy atom. The molecule has 1 aliphatic heterocycles. The van der Waals surface area contributed by atoms with Crippen LogP contribution in [0.4, 0.5) is 11.4 Å². The van der Waals surface area contributed by atoms with E-state index in [4.69, 9.17) is 10.5 Å². The molecule has 1 atom stereocenters. The van der Waals surface area contributed by atoms with Crippen molar-refractivity contribution >= 4 is 22.3 Å². The fourth-order valence-corrected chi connectivity index (χ4v) is 4.16. The van der Waals surface area contributed by atoms with Crippen molar-refractivity contribution in [1.82, 2.24) is 4.98 Å². The third kappa shape index (κ3) is 3.69. The number of fused-ring (bicyclic) bond motifs is 1. The third-order valence-corrected chi connectivity index (χ3v) is 5.73. The second-order valence-electron chi connectivity index (χ2n) is 7.96. The Morgan fingerprint density at radius 2 is 1.80 bits per heavy atom. The third-order valence-electron chi connectivity index (χ3n) is 5.73. The second-order valence-corrected chi connectivity index (χ2v) is 7.96. The zero-order valence-electron chi connectivity index (χ0n) is 17.1. The van der Waals surface area contributed by atoms with E-state index in [1.165, 1.54) is 11.1 Å². The number of nitrogen functional groups attached to an aromatic ring is 1. The number of hydrogen-bond acceptors (Lipinski definition) is 4. The van der Waals surface area contributed by atoms with E-state index < -0.39 is 0 Å². The predicted octanol–water partition coefficient (Wildman–Crippen LogP) is 5.45. The fourth-order valence-electron chi connectivity index (χ4n) is 4.16. The van der Waals surface area contributed by atoms with E-state index in [2.05, 4.69) is 65.3 Å². The molecule has 4 nitrogen and oxygen atoms in total. The largest absolute Gasteiger partial charge is 0.472 e. The van der Waals surface area contributed by atoms with E-state index in [0.717, 1.165) is 47.4 Å². The summed E-state index contributed by atoms with van der Waals surface area (Å²) in [6.45, 7) is 3.82. The van der Waals surface area contributed by atoms with Crippen molar-refractivity contribution in [2.45, 2.75) is 19.4 Å². The van der Waals surface area contributed by atoms with Crippen LogP contribution in [0.1, 0.15) is 12.0 Å². The van der Waals surface area contributed by atoms with E-state index in [0.29, 0.717) is 5.88 Å². The first-order valence-corrected chi connectivity index (χ1v) is 10.4. The number of ether oxygens (including phenoxy) is 1. The number of nitrogens with zero attached hydrogens (tertiary/aromatic N) is 2. The molecule has 1 aromatic heterocycles. The van der Waals surface area contributed by atoms with Crippen LogP contribution in [0.2, 0.25) is 0 Å². The Labute approximate surface area is 176 Å². The van der Waals surface area contributed by atoms with Gasteiger partial charge in [-0.3, -0.25) is 0 Å². The minimum atomic E-state index is 0.105. The number of hydrogen-bond donors (Lipinski definition) is 1. The molecule has 1 saturated heterocycles. The molecule has 0 unspecified atom stereocenters. The molecular weight excluding hydrogens is 370 g/mol. The van der Waals surface area contributed by atoms with Gasteiger partial charge in [-0.2, -0.15) is 0 Å². The number of aryl methyl sites for hydroxylation is 1. The first kappa shape index (κ1) is 18.5. The summed E-state index contributed by atoms with van der Waals surface area (Å²) in [7, 11) is 0. The topological polar surface area (TPSA) is 51.4 Å². The van der Waals surface area contributed by atoms with Crippen molar-refractivity contribution in [2.24, 2.45) is 0 Å². The molecule has 2 N–H and O–H groups in total. The number of aromatic nitrogens is 1. The summed E-state index contributed by atoms with van der Waals surface area (Å²) >= 11 is 0. The van der Waals surface area contributed by atoms with Crippen LogP contribution in [0.25, 0.3) is 22.0 Å². The lowest BCUT2D eigenvalue weighted by atomic mass is 10.0. The van der Waals surface area contributed by atoms with Gasteiger partial charge in [-0.25, -0.2) is 4.98 Å². The van der Waals surface area contributed by atoms with Gasteiger partial charge in [0.15, 0.2) is 0 Å². The van der Waals surface area contributed by atoms with Gasteiger partial charge in [-0.15, -0.1) is 0 Å². The molecule has 30 heavy (non-hydrogen) atoms. The predicted molar refractivity (Wildman–Crippen MR) is 124 cm³/mol. The van der Waals surface area contributed by atoms with Crippen molar-refractivity contribution in [3.63, 3.8) is 0 Å². The molecule has 1 aliphatic rings. The summed E-state index contributed by atoms with van der Waals surface area (Å²) < 4.78 is 6.20. The van der Waals surface area contributed by atoms with Crippen LogP contribution in [-0.2, 0) is 0 Å². The highest BCUT2D eigenvalue weighted by Crippen LogP contribution is 2.32. The second kappa shape index (κ2) is 7.71. The molecular formula is C26H25N3O. The van der Waals surface area contributed by atoms with E-state index in [1.54, 1.807) is 0 Å². The van der Waals surface area contributed by atoms with Crippen LogP contribution >= 0.6 is 0 Å². The van der Waals surface area contributed by atoms with E-state index in [1.807, 2.05) is 30.3 Å². The van der Waals surface area contributed by atoms with Gasteiger partial charge in [0, 0.05) is 24.4 Å². The number of anilines is 2. The summed E-state index contributed by atoms with van der Waals surface area (Å²) in [5, 5.41) is 1.14. The lowest BCUT2D eigenvalue weighted by Gasteiger charge is -2.21. The molecule has 0 bridgehead atoms. The van der Waals surface area contributed by atoms with Gasteiger partial charge in [0.25, 0.3) is 0 Å². The molecule has 1 fully saturated rings. The molecule has 0 spiro atoms.